The highest BCUT2D eigenvalue weighted by Crippen LogP contribution is 2.39. The molecular formula is C26H31N5O6S. The van der Waals surface area contributed by atoms with E-state index in [2.05, 4.69) is 20.8 Å². The molecule has 0 unspecified atom stereocenters. The first-order chi connectivity index (χ1) is 18.4. The normalized spacial score (nSPS) is 19.3. The summed E-state index contributed by atoms with van der Waals surface area (Å²) < 4.78 is 14.3. The van der Waals surface area contributed by atoms with Crippen molar-refractivity contribution in [3.05, 3.63) is 65.2 Å². The predicted molar refractivity (Wildman–Crippen MR) is 139 cm³/mol. The summed E-state index contributed by atoms with van der Waals surface area (Å²) in [6, 6.07) is 15.0. The average Bonchev–Trinajstić information content (AvgIpc) is 3.34. The quantitative estimate of drug-likeness (QED) is 0.229. The first kappa shape index (κ1) is 27.7. The molecule has 2 aromatic carbocycles. The number of tetrazole rings is 1. The fourth-order valence-corrected chi connectivity index (χ4v) is 4.91. The standard InChI is InChI=1S/C26H31N5O6S/c1-31-26(28-29-30-31)38-16-21-14-22(18-8-6-17(15-32)7-9-18)37-25(36-21)19-10-12-20(13-11-19)27-23(33)4-2-3-5-24(34)35/h6-13,21-22,25,32H,2-5,14-16H2,1H3,(H,27,33)(H,34,35)/t21-,22+,25+/m0/s1. The number of aliphatic hydroxyl groups is 1. The molecule has 202 valence electrons. The molecule has 38 heavy (non-hydrogen) atoms. The number of aryl methyl sites for hydroxylation is 1. The van der Waals surface area contributed by atoms with Crippen molar-refractivity contribution in [3.63, 3.8) is 0 Å². The molecule has 1 aliphatic rings. The van der Waals surface area contributed by atoms with E-state index >= 15 is 0 Å². The lowest BCUT2D eigenvalue weighted by atomic mass is 10.0. The predicted octanol–water partition coefficient (Wildman–Crippen LogP) is 3.62. The molecule has 1 fully saturated rings. The number of nitrogens with zero attached hydrogens (tertiary/aromatic N) is 4. The van der Waals surface area contributed by atoms with Gasteiger partial charge in [-0.1, -0.05) is 48.2 Å². The van der Waals surface area contributed by atoms with Crippen molar-refractivity contribution in [2.45, 2.75) is 62.4 Å². The number of anilines is 1. The van der Waals surface area contributed by atoms with E-state index in [1.54, 1.807) is 23.9 Å². The number of carbonyl (C=O) groups is 2. The van der Waals surface area contributed by atoms with Gasteiger partial charge in [-0.3, -0.25) is 9.59 Å². The SMILES string of the molecule is Cn1nnnc1SC[C@@H]1C[C@H](c2ccc(CO)cc2)O[C@H](c2ccc(NC(=O)CCCCC(=O)O)cc2)O1. The minimum absolute atomic E-state index is 0.0201. The Balaban J connectivity index is 1.41. The van der Waals surface area contributed by atoms with Gasteiger partial charge in [0.15, 0.2) is 6.29 Å². The molecule has 1 amide bonds. The number of unbranched alkanes of at least 4 members (excludes halogenated alkanes) is 1. The lowest BCUT2D eigenvalue weighted by Crippen LogP contribution is -2.31. The van der Waals surface area contributed by atoms with Crippen LogP contribution in [0.15, 0.2) is 53.7 Å². The average molecular weight is 542 g/mol. The van der Waals surface area contributed by atoms with Crippen LogP contribution in [-0.4, -0.2) is 54.2 Å². The third kappa shape index (κ3) is 7.84. The molecule has 0 spiro atoms. The van der Waals surface area contributed by atoms with Crippen molar-refractivity contribution in [1.29, 1.82) is 0 Å². The number of hydrogen-bond acceptors (Lipinski definition) is 9. The van der Waals surface area contributed by atoms with Gasteiger partial charge in [-0.2, -0.15) is 0 Å². The first-order valence-electron chi connectivity index (χ1n) is 12.4. The third-order valence-electron chi connectivity index (χ3n) is 6.11. The maximum absolute atomic E-state index is 12.2. The smallest absolute Gasteiger partial charge is 0.303 e. The maximum Gasteiger partial charge on any atom is 0.303 e. The number of carbonyl (C=O) groups excluding carboxylic acids is 1. The molecule has 2 heterocycles. The molecule has 11 nitrogen and oxygen atoms in total. The lowest BCUT2D eigenvalue weighted by molar-refractivity contribution is -0.245. The van der Waals surface area contributed by atoms with Crippen LogP contribution in [0.2, 0.25) is 0 Å². The highest BCUT2D eigenvalue weighted by atomic mass is 32.2. The van der Waals surface area contributed by atoms with Crippen LogP contribution < -0.4 is 5.32 Å². The van der Waals surface area contributed by atoms with Crippen LogP contribution in [0.4, 0.5) is 5.69 Å². The Labute approximate surface area is 224 Å². The minimum atomic E-state index is -0.857. The lowest BCUT2D eigenvalue weighted by Gasteiger charge is -2.36. The minimum Gasteiger partial charge on any atom is -0.481 e. The van der Waals surface area contributed by atoms with Crippen LogP contribution in [0.25, 0.3) is 0 Å². The molecule has 1 saturated heterocycles. The number of aromatic nitrogens is 4. The van der Waals surface area contributed by atoms with Crippen LogP contribution in [0.5, 0.6) is 0 Å². The number of nitrogens with one attached hydrogen (secondary N) is 1. The number of aliphatic hydroxyl groups excluding tert-OH is 1. The summed E-state index contributed by atoms with van der Waals surface area (Å²) >= 11 is 1.51. The largest absolute Gasteiger partial charge is 0.481 e. The number of hydrogen-bond donors (Lipinski definition) is 3. The molecule has 0 bridgehead atoms. The van der Waals surface area contributed by atoms with E-state index in [4.69, 9.17) is 14.6 Å². The van der Waals surface area contributed by atoms with Gasteiger partial charge in [-0.05, 0) is 46.5 Å². The van der Waals surface area contributed by atoms with Crippen molar-refractivity contribution >= 4 is 29.3 Å². The van der Waals surface area contributed by atoms with Gasteiger partial charge < -0.3 is 25.0 Å². The van der Waals surface area contributed by atoms with Crippen LogP contribution in [-0.2, 0) is 32.7 Å². The molecular weight excluding hydrogens is 510 g/mol. The van der Waals surface area contributed by atoms with Crippen LogP contribution in [0.3, 0.4) is 0 Å². The van der Waals surface area contributed by atoms with Crippen molar-refractivity contribution in [2.24, 2.45) is 7.05 Å². The first-order valence-corrected chi connectivity index (χ1v) is 13.4. The van der Waals surface area contributed by atoms with E-state index in [0.717, 1.165) is 16.7 Å². The summed E-state index contributed by atoms with van der Waals surface area (Å²) in [5.41, 5.74) is 3.29. The summed E-state index contributed by atoms with van der Waals surface area (Å²) in [7, 11) is 1.79. The number of carboxylic acids is 1. The zero-order valence-electron chi connectivity index (χ0n) is 21.0. The number of ether oxygens (including phenoxy) is 2. The van der Waals surface area contributed by atoms with Gasteiger partial charge in [0.25, 0.3) is 0 Å². The Bertz CT molecular complexity index is 1200. The van der Waals surface area contributed by atoms with Crippen molar-refractivity contribution < 1.29 is 29.3 Å². The number of aliphatic carboxylic acids is 1. The molecule has 12 heteroatoms. The Hall–Kier alpha value is -3.32. The van der Waals surface area contributed by atoms with Crippen molar-refractivity contribution in [1.82, 2.24) is 20.2 Å². The zero-order valence-corrected chi connectivity index (χ0v) is 21.8. The third-order valence-corrected chi connectivity index (χ3v) is 7.25. The van der Waals surface area contributed by atoms with E-state index in [0.29, 0.717) is 35.9 Å². The number of amides is 1. The summed E-state index contributed by atoms with van der Waals surface area (Å²) in [5.74, 6) is -0.380. The van der Waals surface area contributed by atoms with Crippen molar-refractivity contribution in [3.8, 4) is 0 Å². The Kier molecular flexibility index (Phi) is 9.82. The summed E-state index contributed by atoms with van der Waals surface area (Å²) in [5, 5.41) is 33.2. The molecule has 3 aromatic rings. The van der Waals surface area contributed by atoms with Gasteiger partial charge in [-0.25, -0.2) is 4.68 Å². The second kappa shape index (κ2) is 13.5. The monoisotopic (exact) mass is 541 g/mol. The zero-order chi connectivity index (χ0) is 26.9. The van der Waals surface area contributed by atoms with Crippen molar-refractivity contribution in [2.75, 3.05) is 11.1 Å². The van der Waals surface area contributed by atoms with E-state index in [-0.39, 0.29) is 37.6 Å². The highest BCUT2D eigenvalue weighted by Gasteiger charge is 2.32. The topological polar surface area (TPSA) is 149 Å². The second-order valence-electron chi connectivity index (χ2n) is 9.02. The van der Waals surface area contributed by atoms with Gasteiger partial charge in [-0.15, -0.1) is 5.10 Å². The Morgan fingerprint density at radius 2 is 1.76 bits per heavy atom. The summed E-state index contributed by atoms with van der Waals surface area (Å²) in [4.78, 5) is 22.8. The molecule has 3 N–H and O–H groups in total. The molecule has 0 radical (unpaired) electrons. The maximum atomic E-state index is 12.2. The Morgan fingerprint density at radius 1 is 1.05 bits per heavy atom. The van der Waals surface area contributed by atoms with Gasteiger partial charge in [0.1, 0.15) is 0 Å². The van der Waals surface area contributed by atoms with E-state index in [1.807, 2.05) is 36.4 Å². The van der Waals surface area contributed by atoms with Crippen LogP contribution in [0, 0.1) is 0 Å². The Morgan fingerprint density at radius 3 is 2.42 bits per heavy atom. The number of rotatable bonds is 12. The molecule has 4 rings (SSSR count). The fourth-order valence-electron chi connectivity index (χ4n) is 4.04. The van der Waals surface area contributed by atoms with Gasteiger partial charge >= 0.3 is 5.97 Å². The van der Waals surface area contributed by atoms with Crippen LogP contribution in [0.1, 0.15) is 61.2 Å². The number of benzene rings is 2. The number of carboxylic acid groups (broad SMARTS) is 1. The summed E-state index contributed by atoms with van der Waals surface area (Å²) in [6.07, 6.45) is 0.988. The molecule has 0 aliphatic carbocycles. The molecule has 1 aliphatic heterocycles. The second-order valence-corrected chi connectivity index (χ2v) is 10.0. The molecule has 3 atom stereocenters. The van der Waals surface area contributed by atoms with E-state index < -0.39 is 12.3 Å². The van der Waals surface area contributed by atoms with Gasteiger partial charge in [0.05, 0.1) is 18.8 Å². The van der Waals surface area contributed by atoms with E-state index in [9.17, 15) is 14.7 Å². The van der Waals surface area contributed by atoms with Gasteiger partial charge in [0, 0.05) is 43.3 Å². The van der Waals surface area contributed by atoms with E-state index in [1.165, 1.54) is 11.8 Å². The molecule has 1 aromatic heterocycles. The highest BCUT2D eigenvalue weighted by molar-refractivity contribution is 7.99. The number of thioether (sulfide) groups is 1. The fraction of sp³-hybridized carbons (Fsp3) is 0.423. The van der Waals surface area contributed by atoms with Crippen LogP contribution >= 0.6 is 11.8 Å². The molecule has 0 saturated carbocycles. The summed E-state index contributed by atoms with van der Waals surface area (Å²) in [6.45, 7) is -0.0201. The van der Waals surface area contributed by atoms with Gasteiger partial charge in [0.2, 0.25) is 11.1 Å².